The fourth-order valence-electron chi connectivity index (χ4n) is 1.82. The van der Waals surface area contributed by atoms with Crippen LogP contribution < -0.4 is 11.1 Å². The average molecular weight is 288 g/mol. The first-order chi connectivity index (χ1) is 9.97. The highest BCUT2D eigenvalue weighted by molar-refractivity contribution is 5.96. The number of nitrogens with two attached hydrogens (primary N) is 1. The number of amides is 1. The van der Waals surface area contributed by atoms with E-state index >= 15 is 0 Å². The van der Waals surface area contributed by atoms with Crippen molar-refractivity contribution in [1.29, 1.82) is 0 Å². The van der Waals surface area contributed by atoms with E-state index in [1.165, 1.54) is 6.20 Å². The molecule has 3 N–H and O–H groups in total. The van der Waals surface area contributed by atoms with Gasteiger partial charge in [0.05, 0.1) is 24.6 Å². The molecule has 0 unspecified atom stereocenters. The Bertz CT molecular complexity index is 634. The molecule has 0 spiro atoms. The van der Waals surface area contributed by atoms with E-state index in [1.807, 2.05) is 27.0 Å². The lowest BCUT2D eigenvalue weighted by Crippen LogP contribution is -2.29. The maximum absolute atomic E-state index is 12.1. The summed E-state index contributed by atoms with van der Waals surface area (Å²) < 4.78 is 1.78. The molecule has 112 valence electrons. The predicted octanol–water partition coefficient (Wildman–Crippen LogP) is 1.12. The zero-order chi connectivity index (χ0) is 15.4. The van der Waals surface area contributed by atoms with Crippen molar-refractivity contribution in [3.8, 4) is 0 Å². The van der Waals surface area contributed by atoms with Crippen molar-refractivity contribution in [3.05, 3.63) is 35.7 Å². The minimum absolute atomic E-state index is 0.143. The summed E-state index contributed by atoms with van der Waals surface area (Å²) in [5.41, 5.74) is 7.37. The molecule has 0 atom stereocenters. The lowest BCUT2D eigenvalue weighted by atomic mass is 10.2. The van der Waals surface area contributed by atoms with Crippen LogP contribution in [-0.2, 0) is 6.54 Å². The molecule has 0 aliphatic heterocycles. The fourth-order valence-corrected chi connectivity index (χ4v) is 1.82. The van der Waals surface area contributed by atoms with E-state index in [0.717, 1.165) is 5.56 Å². The zero-order valence-corrected chi connectivity index (χ0v) is 12.5. The molecule has 0 saturated carbocycles. The van der Waals surface area contributed by atoms with Gasteiger partial charge < -0.3 is 11.1 Å². The van der Waals surface area contributed by atoms with Crippen molar-refractivity contribution in [2.75, 3.05) is 12.3 Å². The third-order valence-electron chi connectivity index (χ3n) is 2.96. The molecule has 7 nitrogen and oxygen atoms in total. The lowest BCUT2D eigenvalue weighted by molar-refractivity contribution is 0.0947. The first kappa shape index (κ1) is 15.0. The van der Waals surface area contributed by atoms with E-state index < -0.39 is 0 Å². The number of hydrogen-bond donors (Lipinski definition) is 2. The van der Waals surface area contributed by atoms with E-state index in [1.54, 1.807) is 10.9 Å². The topological polar surface area (TPSA) is 98.7 Å². The van der Waals surface area contributed by atoms with Gasteiger partial charge in [-0.2, -0.15) is 5.10 Å². The molecule has 21 heavy (non-hydrogen) atoms. The maximum atomic E-state index is 12.1. The van der Waals surface area contributed by atoms with Crippen molar-refractivity contribution in [3.63, 3.8) is 0 Å². The first-order valence-corrected chi connectivity index (χ1v) is 6.87. The quantitative estimate of drug-likeness (QED) is 0.859. The Labute approximate surface area is 123 Å². The minimum Gasteiger partial charge on any atom is -0.396 e. The van der Waals surface area contributed by atoms with Crippen molar-refractivity contribution in [1.82, 2.24) is 25.1 Å². The number of nitrogens with zero attached hydrogens (tertiary/aromatic N) is 4. The molecule has 0 aromatic carbocycles. The highest BCUT2D eigenvalue weighted by atomic mass is 16.1. The van der Waals surface area contributed by atoms with Gasteiger partial charge in [-0.25, -0.2) is 9.97 Å². The summed E-state index contributed by atoms with van der Waals surface area (Å²) in [6.45, 7) is 6.96. The van der Waals surface area contributed by atoms with Crippen LogP contribution >= 0.6 is 0 Å². The van der Waals surface area contributed by atoms with Gasteiger partial charge in [-0.15, -0.1) is 0 Å². The van der Waals surface area contributed by atoms with Crippen LogP contribution in [0, 0.1) is 6.92 Å². The van der Waals surface area contributed by atoms with Crippen molar-refractivity contribution in [2.24, 2.45) is 0 Å². The number of aryl methyl sites for hydroxylation is 1. The van der Waals surface area contributed by atoms with E-state index in [2.05, 4.69) is 20.4 Å². The molecule has 2 aromatic heterocycles. The van der Waals surface area contributed by atoms with E-state index in [4.69, 9.17) is 5.73 Å². The number of carbonyl (C=O) groups is 1. The molecule has 0 fully saturated rings. The molecular formula is C14H20N6O. The van der Waals surface area contributed by atoms with Gasteiger partial charge in [0.1, 0.15) is 5.82 Å². The van der Waals surface area contributed by atoms with Gasteiger partial charge in [0.2, 0.25) is 0 Å². The summed E-state index contributed by atoms with van der Waals surface area (Å²) in [6, 6.07) is 0. The Morgan fingerprint density at radius 1 is 1.43 bits per heavy atom. The SMILES string of the molecule is Cc1cnn(CCNC(=O)c2nc(C(C)C)ncc2N)c1. The maximum Gasteiger partial charge on any atom is 0.272 e. The normalized spacial score (nSPS) is 10.9. The van der Waals surface area contributed by atoms with Crippen LogP contribution in [0.2, 0.25) is 0 Å². The Morgan fingerprint density at radius 3 is 2.81 bits per heavy atom. The average Bonchev–Trinajstić information content (AvgIpc) is 2.84. The second-order valence-corrected chi connectivity index (χ2v) is 5.22. The second kappa shape index (κ2) is 6.34. The smallest absolute Gasteiger partial charge is 0.272 e. The summed E-state index contributed by atoms with van der Waals surface area (Å²) >= 11 is 0. The Morgan fingerprint density at radius 2 is 2.19 bits per heavy atom. The highest BCUT2D eigenvalue weighted by Gasteiger charge is 2.14. The summed E-state index contributed by atoms with van der Waals surface area (Å²) in [6.07, 6.45) is 5.18. The summed E-state index contributed by atoms with van der Waals surface area (Å²) in [5, 5.41) is 6.95. The monoisotopic (exact) mass is 288 g/mol. The van der Waals surface area contributed by atoms with E-state index in [9.17, 15) is 4.79 Å². The molecule has 2 rings (SSSR count). The molecule has 0 aliphatic carbocycles. The largest absolute Gasteiger partial charge is 0.396 e. The zero-order valence-electron chi connectivity index (χ0n) is 12.5. The Hall–Kier alpha value is -2.44. The molecule has 7 heteroatoms. The Kier molecular flexibility index (Phi) is 4.52. The Balaban J connectivity index is 1.98. The standard InChI is InChI=1S/C14H20N6O/c1-9(2)13-17-7-11(15)12(19-13)14(21)16-4-5-20-8-10(3)6-18-20/h6-9H,4-5,15H2,1-3H3,(H,16,21). The molecule has 0 saturated heterocycles. The third-order valence-corrected chi connectivity index (χ3v) is 2.96. The van der Waals surface area contributed by atoms with Crippen LogP contribution in [0.3, 0.4) is 0 Å². The van der Waals surface area contributed by atoms with E-state index in [-0.39, 0.29) is 23.2 Å². The molecule has 0 radical (unpaired) electrons. The molecule has 2 aromatic rings. The summed E-state index contributed by atoms with van der Waals surface area (Å²) in [4.78, 5) is 20.5. The van der Waals surface area contributed by atoms with Crippen molar-refractivity contribution >= 4 is 11.6 Å². The van der Waals surface area contributed by atoms with Gasteiger partial charge in [-0.05, 0) is 12.5 Å². The second-order valence-electron chi connectivity index (χ2n) is 5.22. The highest BCUT2D eigenvalue weighted by Crippen LogP contribution is 2.13. The molecule has 0 aliphatic rings. The van der Waals surface area contributed by atoms with Crippen molar-refractivity contribution < 1.29 is 4.79 Å². The number of hydrogen-bond acceptors (Lipinski definition) is 5. The molecular weight excluding hydrogens is 268 g/mol. The van der Waals surface area contributed by atoms with Crippen LogP contribution in [0.4, 0.5) is 5.69 Å². The van der Waals surface area contributed by atoms with E-state index in [0.29, 0.717) is 18.9 Å². The van der Waals surface area contributed by atoms with Gasteiger partial charge in [-0.3, -0.25) is 9.48 Å². The molecule has 0 bridgehead atoms. The molecule has 2 heterocycles. The number of carbonyl (C=O) groups excluding carboxylic acids is 1. The van der Waals surface area contributed by atoms with Crippen LogP contribution in [0.5, 0.6) is 0 Å². The fraction of sp³-hybridized carbons (Fsp3) is 0.429. The van der Waals surface area contributed by atoms with Gasteiger partial charge in [-0.1, -0.05) is 13.8 Å². The van der Waals surface area contributed by atoms with Gasteiger partial charge in [0.15, 0.2) is 5.69 Å². The van der Waals surface area contributed by atoms with Gasteiger partial charge >= 0.3 is 0 Å². The predicted molar refractivity (Wildman–Crippen MR) is 79.8 cm³/mol. The van der Waals surface area contributed by atoms with Crippen LogP contribution in [0.25, 0.3) is 0 Å². The number of aromatic nitrogens is 4. The van der Waals surface area contributed by atoms with Gasteiger partial charge in [0, 0.05) is 18.7 Å². The first-order valence-electron chi connectivity index (χ1n) is 6.87. The summed E-state index contributed by atoms with van der Waals surface area (Å²) in [5.74, 6) is 0.460. The number of rotatable bonds is 5. The minimum atomic E-state index is -0.291. The van der Waals surface area contributed by atoms with Crippen LogP contribution in [0.15, 0.2) is 18.6 Å². The third kappa shape index (κ3) is 3.77. The van der Waals surface area contributed by atoms with Crippen LogP contribution in [0.1, 0.15) is 41.6 Å². The van der Waals surface area contributed by atoms with Crippen molar-refractivity contribution in [2.45, 2.75) is 33.2 Å². The number of nitrogen functional groups attached to an aromatic ring is 1. The summed E-state index contributed by atoms with van der Waals surface area (Å²) in [7, 11) is 0. The molecule has 1 amide bonds. The number of anilines is 1. The number of nitrogens with one attached hydrogen (secondary N) is 1. The lowest BCUT2D eigenvalue weighted by Gasteiger charge is -2.09. The van der Waals surface area contributed by atoms with Crippen LogP contribution in [-0.4, -0.2) is 32.2 Å². The van der Waals surface area contributed by atoms with Gasteiger partial charge in [0.25, 0.3) is 5.91 Å².